The number of nitrogens with one attached hydrogen (secondary N) is 1. The SMILES string of the molecule is COC(=O)Nc1ccc(-c2cnc3ccc(C(=O)OC)c(C)n23)cc1. The highest BCUT2D eigenvalue weighted by Crippen LogP contribution is 2.25. The Hall–Kier alpha value is -3.35. The van der Waals surface area contributed by atoms with Gasteiger partial charge in [0.05, 0.1) is 31.7 Å². The molecule has 0 aliphatic heterocycles. The molecule has 0 saturated heterocycles. The molecule has 0 aliphatic carbocycles. The summed E-state index contributed by atoms with van der Waals surface area (Å²) in [5.41, 5.74) is 4.32. The highest BCUT2D eigenvalue weighted by molar-refractivity contribution is 5.91. The highest BCUT2D eigenvalue weighted by Gasteiger charge is 2.15. The molecule has 1 N–H and O–H groups in total. The van der Waals surface area contributed by atoms with Crippen LogP contribution in [-0.4, -0.2) is 35.7 Å². The predicted octanol–water partition coefficient (Wildman–Crippen LogP) is 3.27. The van der Waals surface area contributed by atoms with Crippen LogP contribution in [-0.2, 0) is 9.47 Å². The minimum Gasteiger partial charge on any atom is -0.465 e. The zero-order chi connectivity index (χ0) is 18.0. The highest BCUT2D eigenvalue weighted by atomic mass is 16.5. The lowest BCUT2D eigenvalue weighted by Crippen LogP contribution is -2.10. The fourth-order valence-electron chi connectivity index (χ4n) is 2.66. The van der Waals surface area contributed by atoms with Crippen LogP contribution < -0.4 is 5.32 Å². The van der Waals surface area contributed by atoms with Gasteiger partial charge in [0.25, 0.3) is 0 Å². The molecule has 7 heteroatoms. The Balaban J connectivity index is 2.04. The normalized spacial score (nSPS) is 10.5. The number of anilines is 1. The van der Waals surface area contributed by atoms with Crippen molar-refractivity contribution >= 4 is 23.4 Å². The maximum atomic E-state index is 11.9. The molecule has 0 saturated carbocycles. The lowest BCUT2D eigenvalue weighted by atomic mass is 10.1. The molecular formula is C18H17N3O4. The van der Waals surface area contributed by atoms with Gasteiger partial charge in [0.2, 0.25) is 0 Å². The fraction of sp³-hybridized carbons (Fsp3) is 0.167. The monoisotopic (exact) mass is 339 g/mol. The van der Waals surface area contributed by atoms with Gasteiger partial charge in [0, 0.05) is 16.9 Å². The molecule has 3 aromatic rings. The summed E-state index contributed by atoms with van der Waals surface area (Å²) in [6, 6.07) is 10.7. The molecule has 7 nitrogen and oxygen atoms in total. The van der Waals surface area contributed by atoms with E-state index in [2.05, 4.69) is 15.0 Å². The maximum Gasteiger partial charge on any atom is 0.411 e. The van der Waals surface area contributed by atoms with Crippen LogP contribution in [0.4, 0.5) is 10.5 Å². The number of esters is 1. The summed E-state index contributed by atoms with van der Waals surface area (Å²) in [6.45, 7) is 1.84. The summed E-state index contributed by atoms with van der Waals surface area (Å²) in [5, 5.41) is 2.60. The first kappa shape index (κ1) is 16.5. The summed E-state index contributed by atoms with van der Waals surface area (Å²) >= 11 is 0. The largest absolute Gasteiger partial charge is 0.465 e. The number of aryl methyl sites for hydroxylation is 1. The van der Waals surface area contributed by atoms with Crippen molar-refractivity contribution < 1.29 is 19.1 Å². The minimum absolute atomic E-state index is 0.392. The van der Waals surface area contributed by atoms with Crippen molar-refractivity contribution in [2.45, 2.75) is 6.92 Å². The molecule has 25 heavy (non-hydrogen) atoms. The number of pyridine rings is 1. The minimum atomic E-state index is -0.527. The fourth-order valence-corrected chi connectivity index (χ4v) is 2.66. The van der Waals surface area contributed by atoms with E-state index < -0.39 is 12.1 Å². The Morgan fingerprint density at radius 2 is 1.76 bits per heavy atom. The van der Waals surface area contributed by atoms with E-state index in [1.54, 1.807) is 30.5 Å². The topological polar surface area (TPSA) is 81.9 Å². The molecule has 0 atom stereocenters. The van der Waals surface area contributed by atoms with E-state index in [0.29, 0.717) is 11.3 Å². The number of fused-ring (bicyclic) bond motifs is 1. The first-order valence-electron chi connectivity index (χ1n) is 7.56. The summed E-state index contributed by atoms with van der Waals surface area (Å²) in [4.78, 5) is 27.6. The number of aromatic nitrogens is 2. The number of methoxy groups -OCH3 is 2. The molecule has 0 unspecified atom stereocenters. The number of ether oxygens (including phenoxy) is 2. The van der Waals surface area contributed by atoms with Gasteiger partial charge < -0.3 is 9.47 Å². The standard InChI is InChI=1S/C18H17N3O4/c1-11-14(17(22)24-2)8-9-16-19-10-15(21(11)16)12-4-6-13(7-5-12)20-18(23)25-3/h4-10H,1-3H3,(H,20,23). The van der Waals surface area contributed by atoms with Gasteiger partial charge >= 0.3 is 12.1 Å². The van der Waals surface area contributed by atoms with Crippen molar-refractivity contribution in [2.24, 2.45) is 0 Å². The average Bonchev–Trinajstić information content (AvgIpc) is 3.07. The van der Waals surface area contributed by atoms with Crippen LogP contribution >= 0.6 is 0 Å². The Kier molecular flexibility index (Phi) is 4.38. The van der Waals surface area contributed by atoms with Gasteiger partial charge in [-0.1, -0.05) is 12.1 Å². The van der Waals surface area contributed by atoms with Crippen LogP contribution in [0.1, 0.15) is 16.1 Å². The van der Waals surface area contributed by atoms with Crippen LogP contribution in [0.15, 0.2) is 42.6 Å². The molecule has 0 bridgehead atoms. The van der Waals surface area contributed by atoms with Gasteiger partial charge in [-0.15, -0.1) is 0 Å². The van der Waals surface area contributed by atoms with E-state index in [9.17, 15) is 9.59 Å². The number of nitrogens with zero attached hydrogens (tertiary/aromatic N) is 2. The smallest absolute Gasteiger partial charge is 0.411 e. The van der Waals surface area contributed by atoms with E-state index in [4.69, 9.17) is 4.74 Å². The number of imidazole rings is 1. The van der Waals surface area contributed by atoms with Crippen LogP contribution in [0.2, 0.25) is 0 Å². The number of benzene rings is 1. The van der Waals surface area contributed by atoms with Crippen LogP contribution in [0.3, 0.4) is 0 Å². The van der Waals surface area contributed by atoms with Gasteiger partial charge in [-0.2, -0.15) is 0 Å². The Morgan fingerprint density at radius 3 is 2.40 bits per heavy atom. The van der Waals surface area contributed by atoms with Crippen molar-refractivity contribution in [3.05, 3.63) is 53.9 Å². The van der Waals surface area contributed by atoms with Crippen LogP contribution in [0.25, 0.3) is 16.9 Å². The first-order valence-corrected chi connectivity index (χ1v) is 7.56. The lowest BCUT2D eigenvalue weighted by Gasteiger charge is -2.10. The molecule has 0 radical (unpaired) electrons. The van der Waals surface area contributed by atoms with Crippen molar-refractivity contribution in [1.29, 1.82) is 0 Å². The molecule has 1 aromatic carbocycles. The van der Waals surface area contributed by atoms with Crippen LogP contribution in [0.5, 0.6) is 0 Å². The molecule has 1 amide bonds. The second-order valence-corrected chi connectivity index (χ2v) is 5.35. The molecular weight excluding hydrogens is 322 g/mol. The van der Waals surface area contributed by atoms with Crippen molar-refractivity contribution in [1.82, 2.24) is 9.38 Å². The molecule has 0 aliphatic rings. The van der Waals surface area contributed by atoms with Crippen LogP contribution in [0, 0.1) is 6.92 Å². The summed E-state index contributed by atoms with van der Waals surface area (Å²) in [7, 11) is 2.66. The third kappa shape index (κ3) is 3.03. The molecule has 2 aromatic heterocycles. The summed E-state index contributed by atoms with van der Waals surface area (Å²) in [5.74, 6) is -0.392. The molecule has 3 rings (SSSR count). The Morgan fingerprint density at radius 1 is 1.04 bits per heavy atom. The number of hydrogen-bond donors (Lipinski definition) is 1. The third-order valence-corrected chi connectivity index (χ3v) is 3.93. The van der Waals surface area contributed by atoms with Gasteiger partial charge in [0.1, 0.15) is 5.65 Å². The average molecular weight is 339 g/mol. The second kappa shape index (κ2) is 6.64. The first-order chi connectivity index (χ1) is 12.0. The van der Waals surface area contributed by atoms with Gasteiger partial charge in [0.15, 0.2) is 0 Å². The van der Waals surface area contributed by atoms with E-state index in [1.807, 2.05) is 23.5 Å². The van der Waals surface area contributed by atoms with Gasteiger partial charge in [-0.05, 0) is 31.2 Å². The quantitative estimate of drug-likeness (QED) is 0.741. The van der Waals surface area contributed by atoms with Crippen molar-refractivity contribution in [2.75, 3.05) is 19.5 Å². The van der Waals surface area contributed by atoms with E-state index in [-0.39, 0.29) is 0 Å². The summed E-state index contributed by atoms with van der Waals surface area (Å²) < 4.78 is 11.3. The van der Waals surface area contributed by atoms with Crippen molar-refractivity contribution in [3.8, 4) is 11.3 Å². The molecule has 0 fully saturated rings. The molecule has 0 spiro atoms. The number of rotatable bonds is 3. The van der Waals surface area contributed by atoms with E-state index >= 15 is 0 Å². The van der Waals surface area contributed by atoms with E-state index in [0.717, 1.165) is 22.6 Å². The molecule has 128 valence electrons. The maximum absolute atomic E-state index is 11.9. The zero-order valence-electron chi connectivity index (χ0n) is 14.1. The third-order valence-electron chi connectivity index (χ3n) is 3.93. The molecule has 2 heterocycles. The zero-order valence-corrected chi connectivity index (χ0v) is 14.1. The Labute approximate surface area is 144 Å². The number of hydrogen-bond acceptors (Lipinski definition) is 5. The number of amides is 1. The lowest BCUT2D eigenvalue weighted by molar-refractivity contribution is 0.0599. The number of carbonyl (C=O) groups is 2. The predicted molar refractivity (Wildman–Crippen MR) is 92.7 cm³/mol. The van der Waals surface area contributed by atoms with Crippen molar-refractivity contribution in [3.63, 3.8) is 0 Å². The van der Waals surface area contributed by atoms with Gasteiger partial charge in [-0.25, -0.2) is 14.6 Å². The Bertz CT molecular complexity index is 945. The van der Waals surface area contributed by atoms with E-state index in [1.165, 1.54) is 14.2 Å². The number of carbonyl (C=O) groups excluding carboxylic acids is 2. The second-order valence-electron chi connectivity index (χ2n) is 5.35. The summed E-state index contributed by atoms with van der Waals surface area (Å²) in [6.07, 6.45) is 1.22. The van der Waals surface area contributed by atoms with Gasteiger partial charge in [-0.3, -0.25) is 9.72 Å².